The minimum Gasteiger partial charge on any atom is -0.460 e. The molecule has 2 aliphatic rings. The number of ether oxygens (including phenoxy) is 1. The Labute approximate surface area is 154 Å². The van der Waals surface area contributed by atoms with Crippen LogP contribution in [-0.2, 0) is 15.1 Å². The minimum absolute atomic E-state index is 0.0842. The first-order valence-corrected chi connectivity index (χ1v) is 9.38. The van der Waals surface area contributed by atoms with Crippen LogP contribution in [0.4, 0.5) is 8.78 Å². The molecule has 0 aromatic heterocycles. The van der Waals surface area contributed by atoms with Crippen LogP contribution in [0.2, 0.25) is 0 Å². The van der Waals surface area contributed by atoms with E-state index in [2.05, 4.69) is 21.2 Å². The van der Waals surface area contributed by atoms with E-state index >= 15 is 0 Å². The second kappa shape index (κ2) is 7.29. The van der Waals surface area contributed by atoms with Crippen molar-refractivity contribution in [3.63, 3.8) is 0 Å². The summed E-state index contributed by atoms with van der Waals surface area (Å²) in [4.78, 5) is 12.9. The maximum atomic E-state index is 13.7. The molecule has 138 valence electrons. The molecule has 1 saturated carbocycles. The van der Waals surface area contributed by atoms with Gasteiger partial charge >= 0.3 is 5.97 Å². The molecular weight excluding hydrogens is 396 g/mol. The zero-order valence-corrected chi connectivity index (χ0v) is 15.4. The predicted molar refractivity (Wildman–Crippen MR) is 92.3 cm³/mol. The van der Waals surface area contributed by atoms with E-state index in [0.29, 0.717) is 18.4 Å². The third-order valence-corrected chi connectivity index (χ3v) is 5.68. The third-order valence-electron chi connectivity index (χ3n) is 5.15. The molecule has 1 aromatic carbocycles. The molecule has 2 atom stereocenters. The van der Waals surface area contributed by atoms with E-state index in [4.69, 9.17) is 4.74 Å². The van der Waals surface area contributed by atoms with Crippen LogP contribution >= 0.6 is 15.9 Å². The lowest BCUT2D eigenvalue weighted by molar-refractivity contribution is -0.181. The number of alkyl halides is 2. The molecule has 0 radical (unpaired) electrons. The van der Waals surface area contributed by atoms with Crippen LogP contribution in [0.3, 0.4) is 0 Å². The number of halogens is 3. The largest absolute Gasteiger partial charge is 0.460 e. The van der Waals surface area contributed by atoms with Gasteiger partial charge in [-0.1, -0.05) is 28.1 Å². The molecule has 0 spiro atoms. The lowest BCUT2D eigenvalue weighted by atomic mass is 9.80. The molecule has 1 aromatic rings. The van der Waals surface area contributed by atoms with Crippen molar-refractivity contribution in [2.24, 2.45) is 5.92 Å². The van der Waals surface area contributed by atoms with Gasteiger partial charge in [0.05, 0.1) is 0 Å². The zero-order chi connectivity index (χ0) is 18.1. The highest BCUT2D eigenvalue weighted by molar-refractivity contribution is 9.10. The van der Waals surface area contributed by atoms with Crippen LogP contribution in [0.25, 0.3) is 0 Å². The van der Waals surface area contributed by atoms with Gasteiger partial charge < -0.3 is 15.2 Å². The van der Waals surface area contributed by atoms with Crippen LogP contribution in [0.5, 0.6) is 0 Å². The molecule has 1 aliphatic carbocycles. The SMILES string of the molecule is O=C(OC1CCNCC1)C(O)(c1ccc(Br)cc1)C1CCC(F)(F)C1. The van der Waals surface area contributed by atoms with E-state index < -0.39 is 29.8 Å². The molecule has 3 rings (SSSR count). The fraction of sp³-hybridized carbons (Fsp3) is 0.611. The fourth-order valence-electron chi connectivity index (χ4n) is 3.69. The summed E-state index contributed by atoms with van der Waals surface area (Å²) in [5.74, 6) is -4.54. The van der Waals surface area contributed by atoms with Crippen molar-refractivity contribution in [2.45, 2.75) is 49.7 Å². The number of rotatable bonds is 4. The molecule has 2 unspecified atom stereocenters. The Morgan fingerprint density at radius 1 is 1.24 bits per heavy atom. The quantitative estimate of drug-likeness (QED) is 0.737. The van der Waals surface area contributed by atoms with E-state index in [9.17, 15) is 18.7 Å². The lowest BCUT2D eigenvalue weighted by Gasteiger charge is -2.34. The van der Waals surface area contributed by atoms with Crippen molar-refractivity contribution in [3.05, 3.63) is 34.3 Å². The van der Waals surface area contributed by atoms with Crippen LogP contribution in [0.15, 0.2) is 28.7 Å². The Morgan fingerprint density at radius 2 is 1.88 bits per heavy atom. The lowest BCUT2D eigenvalue weighted by Crippen LogP contribution is -2.46. The van der Waals surface area contributed by atoms with Gasteiger partial charge in [-0.15, -0.1) is 0 Å². The summed E-state index contributed by atoms with van der Waals surface area (Å²) < 4.78 is 33.8. The number of hydrogen-bond donors (Lipinski definition) is 2. The Morgan fingerprint density at radius 3 is 2.44 bits per heavy atom. The number of carbonyl (C=O) groups is 1. The van der Waals surface area contributed by atoms with Gasteiger partial charge in [0.15, 0.2) is 5.60 Å². The molecule has 4 nitrogen and oxygen atoms in total. The van der Waals surface area contributed by atoms with E-state index in [1.165, 1.54) is 0 Å². The normalized spacial score (nSPS) is 26.2. The summed E-state index contributed by atoms with van der Waals surface area (Å²) in [7, 11) is 0. The molecule has 2 fully saturated rings. The second-order valence-corrected chi connectivity index (χ2v) is 7.84. The highest BCUT2D eigenvalue weighted by atomic mass is 79.9. The highest BCUT2D eigenvalue weighted by Gasteiger charge is 2.54. The van der Waals surface area contributed by atoms with Gasteiger partial charge in [-0.05, 0) is 50.0 Å². The summed E-state index contributed by atoms with van der Waals surface area (Å²) in [6.45, 7) is 1.46. The average molecular weight is 418 g/mol. The van der Waals surface area contributed by atoms with Crippen LogP contribution in [-0.4, -0.2) is 36.2 Å². The van der Waals surface area contributed by atoms with Gasteiger partial charge in [-0.25, -0.2) is 13.6 Å². The second-order valence-electron chi connectivity index (χ2n) is 6.92. The number of hydrogen-bond acceptors (Lipinski definition) is 4. The maximum absolute atomic E-state index is 13.7. The minimum atomic E-state index is -2.86. The van der Waals surface area contributed by atoms with Crippen LogP contribution < -0.4 is 5.32 Å². The number of esters is 1. The Kier molecular flexibility index (Phi) is 5.46. The first-order valence-electron chi connectivity index (χ1n) is 8.59. The highest BCUT2D eigenvalue weighted by Crippen LogP contribution is 2.48. The molecule has 2 N–H and O–H groups in total. The van der Waals surface area contributed by atoms with Crippen molar-refractivity contribution in [1.82, 2.24) is 5.32 Å². The van der Waals surface area contributed by atoms with E-state index in [0.717, 1.165) is 17.6 Å². The van der Waals surface area contributed by atoms with Gasteiger partial charge in [0.1, 0.15) is 6.10 Å². The van der Waals surface area contributed by atoms with Crippen molar-refractivity contribution >= 4 is 21.9 Å². The molecule has 7 heteroatoms. The fourth-order valence-corrected chi connectivity index (χ4v) is 3.95. The van der Waals surface area contributed by atoms with E-state index in [1.54, 1.807) is 24.3 Å². The number of carbonyl (C=O) groups excluding carboxylic acids is 1. The van der Waals surface area contributed by atoms with E-state index in [-0.39, 0.29) is 18.9 Å². The molecular formula is C18H22BrF2NO3. The first kappa shape index (κ1) is 18.7. The summed E-state index contributed by atoms with van der Waals surface area (Å²) >= 11 is 3.31. The van der Waals surface area contributed by atoms with E-state index in [1.807, 2.05) is 0 Å². The summed E-state index contributed by atoms with van der Waals surface area (Å²) in [6.07, 6.45) is 0.267. The molecule has 1 aliphatic heterocycles. The number of aliphatic hydroxyl groups is 1. The van der Waals surface area contributed by atoms with Crippen molar-refractivity contribution < 1.29 is 23.4 Å². The molecule has 0 amide bonds. The molecule has 0 bridgehead atoms. The Hall–Kier alpha value is -1.05. The van der Waals surface area contributed by atoms with Gasteiger partial charge in [-0.3, -0.25) is 0 Å². The van der Waals surface area contributed by atoms with Crippen molar-refractivity contribution in [1.29, 1.82) is 0 Å². The Bertz CT molecular complexity index is 619. The number of nitrogens with one attached hydrogen (secondary N) is 1. The van der Waals surface area contributed by atoms with Crippen molar-refractivity contribution in [2.75, 3.05) is 13.1 Å². The number of benzene rings is 1. The maximum Gasteiger partial charge on any atom is 0.343 e. The molecule has 1 saturated heterocycles. The Balaban J connectivity index is 1.88. The summed E-state index contributed by atoms with van der Waals surface area (Å²) in [6, 6.07) is 6.55. The number of piperidine rings is 1. The summed E-state index contributed by atoms with van der Waals surface area (Å²) in [5, 5.41) is 14.4. The molecule has 25 heavy (non-hydrogen) atoms. The van der Waals surface area contributed by atoms with Crippen LogP contribution in [0, 0.1) is 5.92 Å². The van der Waals surface area contributed by atoms with Crippen LogP contribution in [0.1, 0.15) is 37.7 Å². The third kappa shape index (κ3) is 4.04. The zero-order valence-electron chi connectivity index (χ0n) is 13.8. The summed E-state index contributed by atoms with van der Waals surface area (Å²) in [5.41, 5.74) is -1.75. The standard InChI is InChI=1S/C18H22BrF2NO3/c19-14-3-1-12(2-4-14)18(24,13-5-8-17(20,21)11-13)16(23)25-15-6-9-22-10-7-15/h1-4,13,15,22,24H,5-11H2. The predicted octanol–water partition coefficient (Wildman–Crippen LogP) is 3.37. The van der Waals surface area contributed by atoms with Gasteiger partial charge in [0.25, 0.3) is 0 Å². The monoisotopic (exact) mass is 417 g/mol. The smallest absolute Gasteiger partial charge is 0.343 e. The average Bonchev–Trinajstić information content (AvgIpc) is 2.96. The van der Waals surface area contributed by atoms with Gasteiger partial charge in [0.2, 0.25) is 5.92 Å². The first-order chi connectivity index (χ1) is 11.8. The van der Waals surface area contributed by atoms with Gasteiger partial charge in [-0.2, -0.15) is 0 Å². The van der Waals surface area contributed by atoms with Gasteiger partial charge in [0, 0.05) is 23.2 Å². The van der Waals surface area contributed by atoms with Crippen molar-refractivity contribution in [3.8, 4) is 0 Å². The topological polar surface area (TPSA) is 58.6 Å². The molecule has 1 heterocycles.